The Morgan fingerprint density at radius 1 is 0.969 bits per heavy atom. The molecule has 162 valence electrons. The molecule has 1 aliphatic heterocycles. The van der Waals surface area contributed by atoms with Gasteiger partial charge in [-0.15, -0.1) is 0 Å². The van der Waals surface area contributed by atoms with E-state index in [4.69, 9.17) is 21.7 Å². The van der Waals surface area contributed by atoms with Gasteiger partial charge in [0.1, 0.15) is 6.61 Å². The summed E-state index contributed by atoms with van der Waals surface area (Å²) in [6.45, 7) is 4.97. The molecule has 1 heterocycles. The lowest BCUT2D eigenvalue weighted by molar-refractivity contribution is -0.113. The predicted molar refractivity (Wildman–Crippen MR) is 135 cm³/mol. The van der Waals surface area contributed by atoms with E-state index >= 15 is 0 Å². The summed E-state index contributed by atoms with van der Waals surface area (Å²) in [5.41, 5.74) is 3.93. The number of nitrogens with zero attached hydrogens (tertiary/aromatic N) is 1. The van der Waals surface area contributed by atoms with Gasteiger partial charge in [-0.05, 0) is 60.9 Å². The topological polar surface area (TPSA) is 38.8 Å². The van der Waals surface area contributed by atoms with Gasteiger partial charge in [0.15, 0.2) is 15.8 Å². The summed E-state index contributed by atoms with van der Waals surface area (Å²) in [4.78, 5) is 15.1. The lowest BCUT2D eigenvalue weighted by Crippen LogP contribution is -2.27. The molecule has 3 aromatic carbocycles. The third-order valence-electron chi connectivity index (χ3n) is 5.02. The standard InChI is InChI=1S/C26H23NO3S2/c1-3-29-23-15-19(13-14-22(23)30-17-20-10-8-7-9-18(20)2)16-24-25(28)27(26(31)32-24)21-11-5-4-6-12-21/h4-16H,3,17H2,1-2H3. The molecule has 0 aliphatic carbocycles. The Bertz CT molecular complexity index is 1170. The largest absolute Gasteiger partial charge is 0.490 e. The molecule has 0 saturated carbocycles. The Morgan fingerprint density at radius 2 is 1.72 bits per heavy atom. The van der Waals surface area contributed by atoms with Crippen LogP contribution in [0.5, 0.6) is 11.5 Å². The highest BCUT2D eigenvalue weighted by Gasteiger charge is 2.33. The van der Waals surface area contributed by atoms with Gasteiger partial charge in [0.25, 0.3) is 5.91 Å². The van der Waals surface area contributed by atoms with E-state index in [0.29, 0.717) is 33.9 Å². The van der Waals surface area contributed by atoms with Crippen molar-refractivity contribution in [2.24, 2.45) is 0 Å². The predicted octanol–water partition coefficient (Wildman–Crippen LogP) is 6.38. The number of aryl methyl sites for hydroxylation is 1. The number of carbonyl (C=O) groups is 1. The highest BCUT2D eigenvalue weighted by molar-refractivity contribution is 8.27. The molecule has 32 heavy (non-hydrogen) atoms. The smallest absolute Gasteiger partial charge is 0.270 e. The Morgan fingerprint density at radius 3 is 2.47 bits per heavy atom. The summed E-state index contributed by atoms with van der Waals surface area (Å²) in [6, 6.07) is 23.3. The highest BCUT2D eigenvalue weighted by atomic mass is 32.2. The van der Waals surface area contributed by atoms with Crippen molar-refractivity contribution < 1.29 is 14.3 Å². The summed E-state index contributed by atoms with van der Waals surface area (Å²) in [6.07, 6.45) is 1.84. The zero-order valence-electron chi connectivity index (χ0n) is 17.9. The van der Waals surface area contributed by atoms with Crippen molar-refractivity contribution in [1.82, 2.24) is 0 Å². The molecule has 0 unspecified atom stereocenters. The molecule has 1 fully saturated rings. The van der Waals surface area contributed by atoms with E-state index in [1.807, 2.05) is 73.7 Å². The van der Waals surface area contributed by atoms with Crippen LogP contribution in [0.15, 0.2) is 77.7 Å². The van der Waals surface area contributed by atoms with Crippen LogP contribution in [0.4, 0.5) is 5.69 Å². The first kappa shape index (κ1) is 22.1. The number of rotatable bonds is 7. The second-order valence-corrected chi connectivity index (χ2v) is 8.88. The van der Waals surface area contributed by atoms with E-state index in [1.54, 1.807) is 4.90 Å². The summed E-state index contributed by atoms with van der Waals surface area (Å²) < 4.78 is 12.4. The number of hydrogen-bond donors (Lipinski definition) is 0. The minimum atomic E-state index is -0.121. The SMILES string of the molecule is CCOc1cc(C=C2SC(=S)N(c3ccccc3)C2=O)ccc1OCc1ccccc1C. The molecule has 0 spiro atoms. The second kappa shape index (κ2) is 10.0. The molecular weight excluding hydrogens is 438 g/mol. The second-order valence-electron chi connectivity index (χ2n) is 7.21. The van der Waals surface area contributed by atoms with Crippen LogP contribution < -0.4 is 14.4 Å². The number of para-hydroxylation sites is 1. The van der Waals surface area contributed by atoms with Crippen molar-refractivity contribution in [1.29, 1.82) is 0 Å². The van der Waals surface area contributed by atoms with E-state index in [-0.39, 0.29) is 5.91 Å². The molecule has 1 saturated heterocycles. The summed E-state index contributed by atoms with van der Waals surface area (Å²) in [5, 5.41) is 0. The first-order valence-corrected chi connectivity index (χ1v) is 11.6. The van der Waals surface area contributed by atoms with Crippen LogP contribution in [0.2, 0.25) is 0 Å². The number of amides is 1. The van der Waals surface area contributed by atoms with E-state index in [9.17, 15) is 4.79 Å². The van der Waals surface area contributed by atoms with Crippen molar-refractivity contribution in [3.63, 3.8) is 0 Å². The number of hydrogen-bond acceptors (Lipinski definition) is 5. The molecule has 0 aromatic heterocycles. The first-order valence-electron chi connectivity index (χ1n) is 10.3. The highest BCUT2D eigenvalue weighted by Crippen LogP contribution is 2.37. The molecule has 4 nitrogen and oxygen atoms in total. The van der Waals surface area contributed by atoms with Crippen LogP contribution in [-0.2, 0) is 11.4 Å². The molecular formula is C26H23NO3S2. The maximum absolute atomic E-state index is 13.0. The molecule has 1 aliphatic rings. The van der Waals surface area contributed by atoms with E-state index < -0.39 is 0 Å². The third kappa shape index (κ3) is 4.87. The summed E-state index contributed by atoms with van der Waals surface area (Å²) >= 11 is 6.76. The van der Waals surface area contributed by atoms with Crippen LogP contribution in [0.1, 0.15) is 23.6 Å². The Labute approximate surface area is 197 Å². The van der Waals surface area contributed by atoms with Crippen molar-refractivity contribution >= 4 is 46.0 Å². The molecule has 6 heteroatoms. The quantitative estimate of drug-likeness (QED) is 0.302. The fraction of sp³-hybridized carbons (Fsp3) is 0.154. The first-order chi connectivity index (χ1) is 15.6. The minimum Gasteiger partial charge on any atom is -0.490 e. The minimum absolute atomic E-state index is 0.121. The Kier molecular flexibility index (Phi) is 6.93. The van der Waals surface area contributed by atoms with Gasteiger partial charge in [-0.2, -0.15) is 0 Å². The van der Waals surface area contributed by atoms with Gasteiger partial charge in [0, 0.05) is 0 Å². The summed E-state index contributed by atoms with van der Waals surface area (Å²) in [7, 11) is 0. The number of thiocarbonyl (C=S) groups is 1. The maximum atomic E-state index is 13.0. The van der Waals surface area contributed by atoms with E-state index in [1.165, 1.54) is 17.3 Å². The number of ether oxygens (including phenoxy) is 2. The molecule has 0 N–H and O–H groups in total. The van der Waals surface area contributed by atoms with Crippen molar-refractivity contribution in [2.75, 3.05) is 11.5 Å². The van der Waals surface area contributed by atoms with Crippen LogP contribution in [-0.4, -0.2) is 16.8 Å². The lowest BCUT2D eigenvalue weighted by Gasteiger charge is -2.14. The number of carbonyl (C=O) groups excluding carboxylic acids is 1. The Hall–Kier alpha value is -3.09. The van der Waals surface area contributed by atoms with Crippen LogP contribution in [0.25, 0.3) is 6.08 Å². The van der Waals surface area contributed by atoms with Gasteiger partial charge in [-0.25, -0.2) is 0 Å². The number of benzene rings is 3. The number of anilines is 1. The molecule has 3 aromatic rings. The van der Waals surface area contributed by atoms with Gasteiger partial charge in [-0.1, -0.05) is 72.5 Å². The number of thioether (sulfide) groups is 1. The monoisotopic (exact) mass is 461 g/mol. The fourth-order valence-electron chi connectivity index (χ4n) is 3.35. The molecule has 0 radical (unpaired) electrons. The van der Waals surface area contributed by atoms with Crippen LogP contribution in [0.3, 0.4) is 0 Å². The van der Waals surface area contributed by atoms with Gasteiger partial charge in [-0.3, -0.25) is 9.69 Å². The van der Waals surface area contributed by atoms with E-state index in [0.717, 1.165) is 16.8 Å². The van der Waals surface area contributed by atoms with Gasteiger partial charge >= 0.3 is 0 Å². The average Bonchev–Trinajstić information content (AvgIpc) is 3.07. The normalized spacial score (nSPS) is 14.8. The fourth-order valence-corrected chi connectivity index (χ4v) is 4.65. The van der Waals surface area contributed by atoms with E-state index in [2.05, 4.69) is 19.1 Å². The van der Waals surface area contributed by atoms with Crippen LogP contribution in [0, 0.1) is 6.92 Å². The third-order valence-corrected chi connectivity index (χ3v) is 6.32. The zero-order valence-corrected chi connectivity index (χ0v) is 19.5. The van der Waals surface area contributed by atoms with Crippen molar-refractivity contribution in [3.05, 3.63) is 94.4 Å². The van der Waals surface area contributed by atoms with Gasteiger partial charge < -0.3 is 9.47 Å². The molecule has 1 amide bonds. The van der Waals surface area contributed by atoms with Crippen molar-refractivity contribution in [2.45, 2.75) is 20.5 Å². The molecule has 0 bridgehead atoms. The average molecular weight is 462 g/mol. The van der Waals surface area contributed by atoms with Crippen LogP contribution >= 0.6 is 24.0 Å². The van der Waals surface area contributed by atoms with Gasteiger partial charge in [0.2, 0.25) is 0 Å². The maximum Gasteiger partial charge on any atom is 0.270 e. The molecule has 0 atom stereocenters. The molecule has 4 rings (SSSR count). The Balaban J connectivity index is 1.56. The zero-order chi connectivity index (χ0) is 22.5. The van der Waals surface area contributed by atoms with Gasteiger partial charge in [0.05, 0.1) is 17.2 Å². The van der Waals surface area contributed by atoms with Crippen molar-refractivity contribution in [3.8, 4) is 11.5 Å². The lowest BCUT2D eigenvalue weighted by atomic mass is 10.1. The summed E-state index contributed by atoms with van der Waals surface area (Å²) in [5.74, 6) is 1.20.